The molecule has 1 N–H and O–H groups in total. The summed E-state index contributed by atoms with van der Waals surface area (Å²) in [7, 11) is 0. The molecular weight excluding hydrogens is 420 g/mol. The Kier molecular flexibility index (Phi) is 5.44. The van der Waals surface area contributed by atoms with E-state index < -0.39 is 5.92 Å². The predicted octanol–water partition coefficient (Wildman–Crippen LogP) is 5.22. The van der Waals surface area contributed by atoms with Gasteiger partial charge in [0.25, 0.3) is 5.91 Å². The van der Waals surface area contributed by atoms with Gasteiger partial charge in [0.2, 0.25) is 5.91 Å². The van der Waals surface area contributed by atoms with Crippen molar-refractivity contribution >= 4 is 11.8 Å². The van der Waals surface area contributed by atoms with Crippen LogP contribution in [-0.4, -0.2) is 29.8 Å². The molecule has 0 bridgehead atoms. The number of benzene rings is 3. The van der Waals surface area contributed by atoms with Gasteiger partial charge in [0.05, 0.1) is 12.0 Å². The Bertz CT molecular complexity index is 1220. The maximum Gasteiger partial charge on any atom is 0.254 e. The largest absolute Gasteiger partial charge is 0.355 e. The third-order valence-electron chi connectivity index (χ3n) is 8.14. The van der Waals surface area contributed by atoms with Crippen LogP contribution >= 0.6 is 0 Å². The van der Waals surface area contributed by atoms with Crippen LogP contribution in [0.15, 0.2) is 78.9 Å². The van der Waals surface area contributed by atoms with E-state index in [0.717, 1.165) is 24.0 Å². The molecule has 3 aromatic rings. The van der Waals surface area contributed by atoms with Crippen molar-refractivity contribution in [2.75, 3.05) is 13.1 Å². The first-order chi connectivity index (χ1) is 16.7. The monoisotopic (exact) mass is 450 g/mol. The normalized spacial score (nSPS) is 25.3. The molecule has 2 aliphatic heterocycles. The first-order valence-electron chi connectivity index (χ1n) is 12.5. The molecule has 0 radical (unpaired) electrons. The lowest BCUT2D eigenvalue weighted by molar-refractivity contribution is -0.124. The van der Waals surface area contributed by atoms with E-state index in [1.807, 2.05) is 41.3 Å². The lowest BCUT2D eigenvalue weighted by Gasteiger charge is -2.45. The summed E-state index contributed by atoms with van der Waals surface area (Å²) in [6.07, 6.45) is 4.34. The zero-order valence-electron chi connectivity index (χ0n) is 19.3. The van der Waals surface area contributed by atoms with Crippen LogP contribution in [0.25, 0.3) is 0 Å². The third kappa shape index (κ3) is 3.53. The SMILES string of the molecule is O=C(NC[C@@H]1CCC[C@@H]1c1ccccc1)[C@@H]1c2ccccc2C(=O)N2CCc3ccccc3[C@@H]12. The summed E-state index contributed by atoms with van der Waals surface area (Å²) in [4.78, 5) is 29.2. The average Bonchev–Trinajstić information content (AvgIpc) is 3.37. The summed E-state index contributed by atoms with van der Waals surface area (Å²) in [5.41, 5.74) is 5.25. The van der Waals surface area contributed by atoms with Crippen molar-refractivity contribution in [3.8, 4) is 0 Å². The van der Waals surface area contributed by atoms with Crippen LogP contribution in [0, 0.1) is 5.92 Å². The lowest BCUT2D eigenvalue weighted by Crippen LogP contribution is -2.50. The van der Waals surface area contributed by atoms with E-state index in [9.17, 15) is 9.59 Å². The van der Waals surface area contributed by atoms with Gasteiger partial charge in [0.1, 0.15) is 0 Å². The van der Waals surface area contributed by atoms with Crippen LogP contribution in [0.1, 0.15) is 69.8 Å². The van der Waals surface area contributed by atoms with Gasteiger partial charge in [-0.05, 0) is 59.4 Å². The molecule has 0 saturated heterocycles. The van der Waals surface area contributed by atoms with Gasteiger partial charge < -0.3 is 10.2 Å². The van der Waals surface area contributed by atoms with Gasteiger partial charge in [-0.25, -0.2) is 0 Å². The molecule has 4 atom stereocenters. The predicted molar refractivity (Wildman–Crippen MR) is 133 cm³/mol. The van der Waals surface area contributed by atoms with E-state index in [0.29, 0.717) is 30.5 Å². The third-order valence-corrected chi connectivity index (χ3v) is 8.14. The van der Waals surface area contributed by atoms with E-state index in [-0.39, 0.29) is 17.9 Å². The number of hydrogen-bond acceptors (Lipinski definition) is 2. The molecule has 34 heavy (non-hydrogen) atoms. The van der Waals surface area contributed by atoms with Crippen molar-refractivity contribution in [1.29, 1.82) is 0 Å². The molecule has 4 nitrogen and oxygen atoms in total. The summed E-state index contributed by atoms with van der Waals surface area (Å²) < 4.78 is 0. The fraction of sp³-hybridized carbons (Fsp3) is 0.333. The highest BCUT2D eigenvalue weighted by Crippen LogP contribution is 2.46. The maximum atomic E-state index is 13.9. The maximum absolute atomic E-state index is 13.9. The van der Waals surface area contributed by atoms with Crippen LogP contribution < -0.4 is 5.32 Å². The fourth-order valence-corrected chi connectivity index (χ4v) is 6.52. The molecule has 2 amide bonds. The summed E-state index contributed by atoms with van der Waals surface area (Å²) in [6, 6.07) is 26.4. The highest BCUT2D eigenvalue weighted by atomic mass is 16.2. The molecule has 0 unspecified atom stereocenters. The molecule has 2 heterocycles. The zero-order valence-corrected chi connectivity index (χ0v) is 19.3. The molecule has 3 aromatic carbocycles. The Morgan fingerprint density at radius 2 is 1.62 bits per heavy atom. The van der Waals surface area contributed by atoms with E-state index in [1.165, 1.54) is 24.0 Å². The second kappa shape index (κ2) is 8.75. The van der Waals surface area contributed by atoms with Gasteiger partial charge in [-0.3, -0.25) is 9.59 Å². The van der Waals surface area contributed by atoms with Crippen LogP contribution in [0.2, 0.25) is 0 Å². The highest BCUT2D eigenvalue weighted by molar-refractivity contribution is 6.01. The Labute approximate surface area is 201 Å². The lowest BCUT2D eigenvalue weighted by atomic mass is 9.75. The summed E-state index contributed by atoms with van der Waals surface area (Å²) in [5, 5.41) is 3.34. The number of fused-ring (bicyclic) bond motifs is 4. The molecule has 4 heteroatoms. The Morgan fingerprint density at radius 1 is 0.882 bits per heavy atom. The van der Waals surface area contributed by atoms with Gasteiger partial charge in [-0.1, -0.05) is 79.2 Å². The Morgan fingerprint density at radius 3 is 2.47 bits per heavy atom. The summed E-state index contributed by atoms with van der Waals surface area (Å²) in [6.45, 7) is 1.33. The minimum Gasteiger partial charge on any atom is -0.355 e. The Balaban J connectivity index is 1.31. The number of nitrogens with zero attached hydrogens (tertiary/aromatic N) is 1. The van der Waals surface area contributed by atoms with E-state index >= 15 is 0 Å². The van der Waals surface area contributed by atoms with Gasteiger partial charge in [0, 0.05) is 18.7 Å². The first kappa shape index (κ1) is 21.2. The van der Waals surface area contributed by atoms with Crippen molar-refractivity contribution in [3.63, 3.8) is 0 Å². The van der Waals surface area contributed by atoms with E-state index in [4.69, 9.17) is 0 Å². The standard InChI is InChI=1S/C30H30N2O2/c33-29(31-19-22-12-8-16-23(22)20-9-2-1-3-10-20)27-25-14-6-7-15-26(25)30(34)32-18-17-21-11-4-5-13-24(21)28(27)32/h1-7,9-11,13-15,22-23,27-28H,8,12,16-19H2,(H,31,33)/t22-,23+,27+,28-/m0/s1. The van der Waals surface area contributed by atoms with Crippen LogP contribution in [-0.2, 0) is 11.2 Å². The van der Waals surface area contributed by atoms with Crippen LogP contribution in [0.4, 0.5) is 0 Å². The molecular formula is C30H30N2O2. The minimum atomic E-state index is -0.396. The van der Waals surface area contributed by atoms with E-state index in [1.54, 1.807) is 0 Å². The molecule has 6 rings (SSSR count). The van der Waals surface area contributed by atoms with Crippen molar-refractivity contribution in [1.82, 2.24) is 10.2 Å². The topological polar surface area (TPSA) is 49.4 Å². The zero-order chi connectivity index (χ0) is 23.1. The molecule has 3 aliphatic rings. The number of carbonyl (C=O) groups excluding carboxylic acids is 2. The first-order valence-corrected chi connectivity index (χ1v) is 12.5. The van der Waals surface area contributed by atoms with E-state index in [2.05, 4.69) is 47.8 Å². The fourth-order valence-electron chi connectivity index (χ4n) is 6.52. The van der Waals surface area contributed by atoms with Crippen LogP contribution in [0.5, 0.6) is 0 Å². The number of nitrogens with one attached hydrogen (secondary N) is 1. The highest BCUT2D eigenvalue weighted by Gasteiger charge is 2.46. The average molecular weight is 451 g/mol. The second-order valence-corrected chi connectivity index (χ2v) is 9.91. The van der Waals surface area contributed by atoms with Crippen molar-refractivity contribution in [2.45, 2.75) is 43.6 Å². The number of amides is 2. The molecule has 172 valence electrons. The number of carbonyl (C=O) groups is 2. The number of hydrogen-bond donors (Lipinski definition) is 1. The second-order valence-electron chi connectivity index (χ2n) is 9.91. The molecule has 1 saturated carbocycles. The smallest absolute Gasteiger partial charge is 0.254 e. The van der Waals surface area contributed by atoms with Crippen molar-refractivity contribution in [3.05, 3.63) is 107 Å². The number of rotatable bonds is 4. The van der Waals surface area contributed by atoms with Gasteiger partial charge in [-0.2, -0.15) is 0 Å². The molecule has 1 aliphatic carbocycles. The molecule has 0 spiro atoms. The van der Waals surface area contributed by atoms with Gasteiger partial charge in [0.15, 0.2) is 0 Å². The quantitative estimate of drug-likeness (QED) is 0.592. The van der Waals surface area contributed by atoms with Crippen LogP contribution in [0.3, 0.4) is 0 Å². The summed E-state index contributed by atoms with van der Waals surface area (Å²) >= 11 is 0. The molecule has 1 fully saturated rings. The molecule has 0 aromatic heterocycles. The van der Waals surface area contributed by atoms with Crippen molar-refractivity contribution in [2.24, 2.45) is 5.92 Å². The van der Waals surface area contributed by atoms with Gasteiger partial charge in [-0.15, -0.1) is 0 Å². The minimum absolute atomic E-state index is 0.0327. The van der Waals surface area contributed by atoms with Crippen molar-refractivity contribution < 1.29 is 9.59 Å². The Hall–Kier alpha value is -3.40. The van der Waals surface area contributed by atoms with Gasteiger partial charge >= 0.3 is 0 Å². The summed E-state index contributed by atoms with van der Waals surface area (Å²) in [5.74, 6) is 0.617.